The molecule has 0 bridgehead atoms. The molecule has 0 unspecified atom stereocenters. The molecule has 4 rings (SSSR count). The summed E-state index contributed by atoms with van der Waals surface area (Å²) in [5, 5.41) is 3.07. The maximum absolute atomic E-state index is 12.4. The number of carbonyl (C=O) groups is 1. The molecule has 1 aromatic carbocycles. The molecule has 2 atom stereocenters. The Morgan fingerprint density at radius 1 is 1.29 bits per heavy atom. The fraction of sp³-hybridized carbons (Fsp3) is 0.632. The molecule has 0 spiro atoms. The maximum atomic E-state index is 12.4. The van der Waals surface area contributed by atoms with Crippen LogP contribution in [0.2, 0.25) is 0 Å². The normalized spacial score (nSPS) is 29.4. The van der Waals surface area contributed by atoms with Crippen LogP contribution in [0.5, 0.6) is 0 Å². The number of hydrogen-bond donors (Lipinski definition) is 2. The van der Waals surface area contributed by atoms with E-state index < -0.39 is 0 Å². The molecule has 2 aliphatic heterocycles. The molecule has 5 heteroatoms. The number of amides is 2. The van der Waals surface area contributed by atoms with E-state index in [1.807, 2.05) is 4.90 Å². The Kier molecular flexibility index (Phi) is 4.22. The second kappa shape index (κ2) is 6.37. The van der Waals surface area contributed by atoms with E-state index in [0.717, 1.165) is 19.5 Å². The summed E-state index contributed by atoms with van der Waals surface area (Å²) in [7, 11) is 0. The lowest BCUT2D eigenvalue weighted by Crippen LogP contribution is -2.55. The number of carbonyl (C=O) groups excluding carboxylic acids is 1. The van der Waals surface area contributed by atoms with E-state index in [1.165, 1.54) is 43.5 Å². The molecule has 3 fully saturated rings. The van der Waals surface area contributed by atoms with Gasteiger partial charge in [-0.2, -0.15) is 0 Å². The van der Waals surface area contributed by atoms with E-state index in [2.05, 4.69) is 34.5 Å². The number of nitrogens with one attached hydrogen (secondary N) is 1. The van der Waals surface area contributed by atoms with E-state index >= 15 is 0 Å². The van der Waals surface area contributed by atoms with Gasteiger partial charge in [-0.05, 0) is 55.8 Å². The zero-order chi connectivity index (χ0) is 16.6. The molecule has 130 valence electrons. The van der Waals surface area contributed by atoms with Crippen molar-refractivity contribution in [1.29, 1.82) is 0 Å². The predicted molar refractivity (Wildman–Crippen MR) is 94.4 cm³/mol. The summed E-state index contributed by atoms with van der Waals surface area (Å²) in [6.07, 6.45) is 4.85. The average Bonchev–Trinajstić information content (AvgIpc) is 3.15. The highest BCUT2D eigenvalue weighted by Crippen LogP contribution is 2.42. The standard InChI is InChI=1S/C19H28N4O/c20-19-7-6-17(19)13-23(14-19)18(24)21-11-15-4-3-5-16(10-15)12-22-8-1-2-9-22/h3-5,10,17H,1-2,6-9,11-14,20H2,(H,21,24)/t17-,19-/m0/s1. The smallest absolute Gasteiger partial charge is 0.317 e. The molecule has 1 aromatic rings. The van der Waals surface area contributed by atoms with Crippen molar-refractivity contribution in [2.45, 2.75) is 44.3 Å². The fourth-order valence-electron chi connectivity index (χ4n) is 4.37. The fourth-order valence-corrected chi connectivity index (χ4v) is 4.37. The molecule has 1 saturated carbocycles. The van der Waals surface area contributed by atoms with Crippen LogP contribution in [0.25, 0.3) is 0 Å². The Morgan fingerprint density at radius 3 is 2.75 bits per heavy atom. The second-order valence-corrected chi connectivity index (χ2v) is 7.81. The molecular weight excluding hydrogens is 300 g/mol. The van der Waals surface area contributed by atoms with Crippen molar-refractivity contribution in [3.8, 4) is 0 Å². The molecule has 0 radical (unpaired) electrons. The Labute approximate surface area is 144 Å². The minimum Gasteiger partial charge on any atom is -0.334 e. The topological polar surface area (TPSA) is 61.6 Å². The Hall–Kier alpha value is -1.59. The number of urea groups is 1. The van der Waals surface area contributed by atoms with Crippen LogP contribution in [0.15, 0.2) is 24.3 Å². The number of nitrogens with zero attached hydrogens (tertiary/aromatic N) is 2. The zero-order valence-corrected chi connectivity index (χ0v) is 14.3. The number of likely N-dealkylation sites (tertiary alicyclic amines) is 2. The van der Waals surface area contributed by atoms with Crippen molar-refractivity contribution in [2.75, 3.05) is 26.2 Å². The highest BCUT2D eigenvalue weighted by atomic mass is 16.2. The van der Waals surface area contributed by atoms with Gasteiger partial charge in [-0.1, -0.05) is 24.3 Å². The zero-order valence-electron chi connectivity index (χ0n) is 14.3. The first kappa shape index (κ1) is 15.9. The molecule has 2 heterocycles. The summed E-state index contributed by atoms with van der Waals surface area (Å²) in [5.41, 5.74) is 8.72. The first-order valence-electron chi connectivity index (χ1n) is 9.24. The van der Waals surface area contributed by atoms with Crippen molar-refractivity contribution < 1.29 is 4.79 Å². The highest BCUT2D eigenvalue weighted by molar-refractivity contribution is 5.75. The van der Waals surface area contributed by atoms with Crippen molar-refractivity contribution in [1.82, 2.24) is 15.1 Å². The highest BCUT2D eigenvalue weighted by Gasteiger charge is 2.51. The summed E-state index contributed by atoms with van der Waals surface area (Å²) >= 11 is 0. The largest absolute Gasteiger partial charge is 0.334 e. The summed E-state index contributed by atoms with van der Waals surface area (Å²) in [6, 6.07) is 8.61. The van der Waals surface area contributed by atoms with Gasteiger partial charge < -0.3 is 16.0 Å². The molecule has 2 amide bonds. The molecule has 5 nitrogen and oxygen atoms in total. The lowest BCUT2D eigenvalue weighted by atomic mass is 9.70. The average molecular weight is 328 g/mol. The van der Waals surface area contributed by atoms with Gasteiger partial charge in [0.25, 0.3) is 0 Å². The van der Waals surface area contributed by atoms with Crippen molar-refractivity contribution in [3.05, 3.63) is 35.4 Å². The van der Waals surface area contributed by atoms with E-state index in [-0.39, 0.29) is 11.6 Å². The minimum absolute atomic E-state index is 0.0270. The lowest BCUT2D eigenvalue weighted by molar-refractivity contribution is 0.187. The van der Waals surface area contributed by atoms with Crippen molar-refractivity contribution >= 4 is 6.03 Å². The van der Waals surface area contributed by atoms with E-state index in [0.29, 0.717) is 19.0 Å². The van der Waals surface area contributed by atoms with Gasteiger partial charge in [0, 0.05) is 31.7 Å². The van der Waals surface area contributed by atoms with Gasteiger partial charge in [-0.25, -0.2) is 4.79 Å². The molecular formula is C19H28N4O. The SMILES string of the molecule is N[C@]12CC[C@H]1CN(C(=O)NCc1cccc(CN3CCCC3)c1)C2. The van der Waals surface area contributed by atoms with Crippen LogP contribution >= 0.6 is 0 Å². The monoisotopic (exact) mass is 328 g/mol. The minimum atomic E-state index is -0.104. The number of fused-ring (bicyclic) bond motifs is 1. The number of nitrogens with two attached hydrogens (primary N) is 1. The number of rotatable bonds is 4. The van der Waals surface area contributed by atoms with Crippen LogP contribution < -0.4 is 11.1 Å². The van der Waals surface area contributed by atoms with E-state index in [1.54, 1.807) is 0 Å². The van der Waals surface area contributed by atoms with Crippen LogP contribution in [0.4, 0.5) is 4.79 Å². The van der Waals surface area contributed by atoms with Crippen LogP contribution in [0.1, 0.15) is 36.8 Å². The van der Waals surface area contributed by atoms with Gasteiger partial charge in [0.15, 0.2) is 0 Å². The number of hydrogen-bond acceptors (Lipinski definition) is 3. The first-order chi connectivity index (χ1) is 11.6. The molecule has 2 saturated heterocycles. The van der Waals surface area contributed by atoms with Crippen molar-refractivity contribution in [2.24, 2.45) is 11.7 Å². The van der Waals surface area contributed by atoms with Gasteiger partial charge in [0.05, 0.1) is 0 Å². The summed E-state index contributed by atoms with van der Waals surface area (Å²) in [5.74, 6) is 0.507. The van der Waals surface area contributed by atoms with Crippen LogP contribution in [-0.4, -0.2) is 47.5 Å². The third kappa shape index (κ3) is 3.15. The quantitative estimate of drug-likeness (QED) is 0.888. The van der Waals surface area contributed by atoms with Gasteiger partial charge in [0.1, 0.15) is 0 Å². The lowest BCUT2D eigenvalue weighted by Gasteiger charge is -2.39. The first-order valence-corrected chi connectivity index (χ1v) is 9.24. The Morgan fingerprint density at radius 2 is 2.08 bits per heavy atom. The van der Waals surface area contributed by atoms with Gasteiger partial charge in [-0.3, -0.25) is 4.90 Å². The third-order valence-electron chi connectivity index (χ3n) is 6.02. The van der Waals surface area contributed by atoms with Gasteiger partial charge in [-0.15, -0.1) is 0 Å². The summed E-state index contributed by atoms with van der Waals surface area (Å²) in [6.45, 7) is 5.54. The van der Waals surface area contributed by atoms with Gasteiger partial charge >= 0.3 is 6.03 Å². The van der Waals surface area contributed by atoms with E-state index in [9.17, 15) is 4.79 Å². The number of benzene rings is 1. The van der Waals surface area contributed by atoms with Crippen molar-refractivity contribution in [3.63, 3.8) is 0 Å². The maximum Gasteiger partial charge on any atom is 0.317 e. The van der Waals surface area contributed by atoms with Gasteiger partial charge in [0.2, 0.25) is 0 Å². The second-order valence-electron chi connectivity index (χ2n) is 7.81. The van der Waals surface area contributed by atoms with Crippen LogP contribution in [0, 0.1) is 5.92 Å². The third-order valence-corrected chi connectivity index (χ3v) is 6.02. The molecule has 0 aromatic heterocycles. The van der Waals surface area contributed by atoms with Crippen LogP contribution in [-0.2, 0) is 13.1 Å². The summed E-state index contributed by atoms with van der Waals surface area (Å²) < 4.78 is 0. The Bertz CT molecular complexity index is 613. The van der Waals surface area contributed by atoms with Crippen LogP contribution in [0.3, 0.4) is 0 Å². The van der Waals surface area contributed by atoms with E-state index in [4.69, 9.17) is 5.73 Å². The Balaban J connectivity index is 1.30. The molecule has 24 heavy (non-hydrogen) atoms. The molecule has 3 N–H and O–H groups in total. The molecule has 3 aliphatic rings. The summed E-state index contributed by atoms with van der Waals surface area (Å²) in [4.78, 5) is 16.8. The predicted octanol–water partition coefficient (Wildman–Crippen LogP) is 1.92. The molecule has 1 aliphatic carbocycles.